The quantitative estimate of drug-likeness (QED) is 0.490. The second-order valence-corrected chi connectivity index (χ2v) is 9.00. The van der Waals surface area contributed by atoms with E-state index >= 15 is 0 Å². The number of hydrogen-bond acceptors (Lipinski definition) is 7. The zero-order valence-corrected chi connectivity index (χ0v) is 20.8. The molecule has 1 aromatic heterocycles. The number of aromatic nitrogens is 2. The summed E-state index contributed by atoms with van der Waals surface area (Å²) in [6, 6.07) is 7.38. The smallest absolute Gasteiger partial charge is 0.410 e. The fourth-order valence-corrected chi connectivity index (χ4v) is 3.16. The number of nitrogens with two attached hydrogens (primary N) is 1. The van der Waals surface area contributed by atoms with Crippen LogP contribution in [0.2, 0.25) is 5.15 Å². The number of likely N-dealkylation sites (N-methyl/N-ethyl adjacent to an activating group) is 1. The van der Waals surface area contributed by atoms with E-state index in [0.29, 0.717) is 30.8 Å². The molecule has 34 heavy (non-hydrogen) atoms. The van der Waals surface area contributed by atoms with Gasteiger partial charge in [-0.1, -0.05) is 30.7 Å². The predicted octanol–water partition coefficient (Wildman–Crippen LogP) is 3.06. The molecule has 10 nitrogen and oxygen atoms in total. The van der Waals surface area contributed by atoms with Crippen molar-refractivity contribution in [2.24, 2.45) is 5.73 Å². The summed E-state index contributed by atoms with van der Waals surface area (Å²) < 4.78 is 5.23. The van der Waals surface area contributed by atoms with Crippen LogP contribution in [-0.2, 0) is 22.4 Å². The molecule has 0 spiro atoms. The van der Waals surface area contributed by atoms with Gasteiger partial charge in [0.15, 0.2) is 16.7 Å². The summed E-state index contributed by atoms with van der Waals surface area (Å²) in [5.74, 6) is -0.836. The van der Waals surface area contributed by atoms with Crippen LogP contribution in [0, 0.1) is 0 Å². The number of ether oxygens (including phenoxy) is 1. The molecule has 0 unspecified atom stereocenters. The van der Waals surface area contributed by atoms with E-state index in [9.17, 15) is 14.4 Å². The third-order valence-electron chi connectivity index (χ3n) is 4.50. The average Bonchev–Trinajstić information content (AvgIpc) is 2.72. The van der Waals surface area contributed by atoms with Crippen molar-refractivity contribution in [3.8, 4) is 0 Å². The van der Waals surface area contributed by atoms with Crippen LogP contribution in [-0.4, -0.2) is 58.5 Å². The van der Waals surface area contributed by atoms with Crippen molar-refractivity contribution in [1.82, 2.24) is 20.2 Å². The van der Waals surface area contributed by atoms with Gasteiger partial charge in [-0.2, -0.15) is 0 Å². The van der Waals surface area contributed by atoms with Gasteiger partial charge in [-0.15, -0.1) is 0 Å². The van der Waals surface area contributed by atoms with Crippen molar-refractivity contribution in [2.45, 2.75) is 46.1 Å². The Balaban J connectivity index is 1.96. The first-order valence-corrected chi connectivity index (χ1v) is 11.2. The molecule has 1 aromatic carbocycles. The molecule has 0 aliphatic rings. The summed E-state index contributed by atoms with van der Waals surface area (Å²) in [4.78, 5) is 45.6. The van der Waals surface area contributed by atoms with Gasteiger partial charge in [-0.3, -0.25) is 9.59 Å². The van der Waals surface area contributed by atoms with E-state index in [4.69, 9.17) is 22.1 Å². The Kier molecular flexibility index (Phi) is 9.19. The summed E-state index contributed by atoms with van der Waals surface area (Å²) in [6.45, 7) is 7.40. The maximum Gasteiger partial charge on any atom is 0.410 e. The van der Waals surface area contributed by atoms with Crippen LogP contribution in [0.25, 0.3) is 0 Å². The van der Waals surface area contributed by atoms with Crippen LogP contribution < -0.4 is 16.4 Å². The number of nitrogens with one attached hydrogen (secondary N) is 2. The van der Waals surface area contributed by atoms with E-state index in [2.05, 4.69) is 20.6 Å². The van der Waals surface area contributed by atoms with E-state index in [-0.39, 0.29) is 29.1 Å². The van der Waals surface area contributed by atoms with Gasteiger partial charge in [0.1, 0.15) is 12.1 Å². The SMILES string of the molecule is CCc1nc(C(N)=O)c(Nc2cccc(CCNC(=O)CN(C)C(=O)OC(C)(C)C)c2)nc1Cl. The highest BCUT2D eigenvalue weighted by atomic mass is 35.5. The zero-order valence-electron chi connectivity index (χ0n) is 20.1. The summed E-state index contributed by atoms with van der Waals surface area (Å²) in [5.41, 5.74) is 6.90. The van der Waals surface area contributed by atoms with E-state index in [1.54, 1.807) is 26.8 Å². The Morgan fingerprint density at radius 3 is 2.53 bits per heavy atom. The number of carbonyl (C=O) groups excluding carboxylic acids is 3. The molecule has 0 atom stereocenters. The Morgan fingerprint density at radius 1 is 1.21 bits per heavy atom. The zero-order chi connectivity index (χ0) is 25.5. The minimum absolute atomic E-state index is 0.00743. The second kappa shape index (κ2) is 11.6. The van der Waals surface area contributed by atoms with Crippen molar-refractivity contribution in [1.29, 1.82) is 0 Å². The molecular formula is C23H31ClN6O4. The maximum atomic E-state index is 12.2. The normalized spacial score (nSPS) is 11.0. The Hall–Kier alpha value is -3.40. The van der Waals surface area contributed by atoms with Crippen molar-refractivity contribution in [3.63, 3.8) is 0 Å². The lowest BCUT2D eigenvalue weighted by Crippen LogP contribution is -2.41. The molecule has 0 fully saturated rings. The minimum atomic E-state index is -0.711. The van der Waals surface area contributed by atoms with Crippen molar-refractivity contribution in [2.75, 3.05) is 25.5 Å². The van der Waals surface area contributed by atoms with Crippen LogP contribution in [0.15, 0.2) is 24.3 Å². The lowest BCUT2D eigenvalue weighted by molar-refractivity contribution is -0.121. The molecule has 1 heterocycles. The van der Waals surface area contributed by atoms with Gasteiger partial charge in [0.25, 0.3) is 5.91 Å². The third kappa shape index (κ3) is 8.18. The van der Waals surface area contributed by atoms with Gasteiger partial charge >= 0.3 is 6.09 Å². The highest BCUT2D eigenvalue weighted by molar-refractivity contribution is 6.30. The van der Waals surface area contributed by atoms with Crippen LogP contribution in [0.4, 0.5) is 16.3 Å². The number of primary amides is 1. The van der Waals surface area contributed by atoms with Gasteiger partial charge in [-0.05, 0) is 51.3 Å². The highest BCUT2D eigenvalue weighted by Gasteiger charge is 2.21. The van der Waals surface area contributed by atoms with Gasteiger partial charge in [-0.25, -0.2) is 14.8 Å². The molecule has 11 heteroatoms. The molecule has 0 saturated carbocycles. The molecule has 2 rings (SSSR count). The van der Waals surface area contributed by atoms with E-state index in [1.165, 1.54) is 11.9 Å². The largest absolute Gasteiger partial charge is 0.444 e. The Morgan fingerprint density at radius 2 is 1.91 bits per heavy atom. The predicted molar refractivity (Wildman–Crippen MR) is 130 cm³/mol. The van der Waals surface area contributed by atoms with E-state index in [1.807, 2.05) is 25.1 Å². The molecule has 184 valence electrons. The molecule has 2 aromatic rings. The molecule has 3 amide bonds. The van der Waals surface area contributed by atoms with Crippen LogP contribution >= 0.6 is 11.6 Å². The fraction of sp³-hybridized carbons (Fsp3) is 0.435. The van der Waals surface area contributed by atoms with Crippen LogP contribution in [0.3, 0.4) is 0 Å². The first-order valence-electron chi connectivity index (χ1n) is 10.8. The van der Waals surface area contributed by atoms with Gasteiger partial charge in [0, 0.05) is 19.3 Å². The highest BCUT2D eigenvalue weighted by Crippen LogP contribution is 2.23. The van der Waals surface area contributed by atoms with Crippen molar-refractivity contribution >= 4 is 41.0 Å². The molecule has 0 bridgehead atoms. The summed E-state index contributed by atoms with van der Waals surface area (Å²) in [6.07, 6.45) is 0.495. The first kappa shape index (κ1) is 26.8. The monoisotopic (exact) mass is 490 g/mol. The Labute approximate surface area is 204 Å². The van der Waals surface area contributed by atoms with Gasteiger partial charge in [0.2, 0.25) is 5.91 Å². The van der Waals surface area contributed by atoms with E-state index in [0.717, 1.165) is 5.56 Å². The first-order chi connectivity index (χ1) is 15.9. The molecule has 0 radical (unpaired) electrons. The van der Waals surface area contributed by atoms with Crippen LogP contribution in [0.5, 0.6) is 0 Å². The number of rotatable bonds is 9. The third-order valence-corrected chi connectivity index (χ3v) is 4.80. The lowest BCUT2D eigenvalue weighted by atomic mass is 10.1. The molecule has 4 N–H and O–H groups in total. The fourth-order valence-electron chi connectivity index (χ4n) is 2.90. The van der Waals surface area contributed by atoms with Crippen molar-refractivity contribution < 1.29 is 19.1 Å². The maximum absolute atomic E-state index is 12.2. The number of halogens is 1. The number of carbonyl (C=O) groups is 3. The van der Waals surface area contributed by atoms with Gasteiger partial charge in [0.05, 0.1) is 5.69 Å². The molecule has 0 aliphatic carbocycles. The molecule has 0 aliphatic heterocycles. The molecule has 0 saturated heterocycles. The van der Waals surface area contributed by atoms with Gasteiger partial charge < -0.3 is 26.0 Å². The van der Waals surface area contributed by atoms with E-state index < -0.39 is 17.6 Å². The topological polar surface area (TPSA) is 140 Å². The number of amides is 3. The summed E-state index contributed by atoms with van der Waals surface area (Å²) in [7, 11) is 1.51. The number of nitrogens with zero attached hydrogens (tertiary/aromatic N) is 3. The Bertz CT molecular complexity index is 1050. The summed E-state index contributed by atoms with van der Waals surface area (Å²) in [5, 5.41) is 6.02. The molecular weight excluding hydrogens is 460 g/mol. The number of aryl methyl sites for hydroxylation is 1. The number of benzene rings is 1. The van der Waals surface area contributed by atoms with Crippen LogP contribution in [0.1, 0.15) is 49.4 Å². The number of anilines is 2. The second-order valence-electron chi connectivity index (χ2n) is 8.64. The average molecular weight is 491 g/mol. The lowest BCUT2D eigenvalue weighted by Gasteiger charge is -2.24. The summed E-state index contributed by atoms with van der Waals surface area (Å²) >= 11 is 6.15. The van der Waals surface area contributed by atoms with Crippen molar-refractivity contribution in [3.05, 3.63) is 46.4 Å². The minimum Gasteiger partial charge on any atom is -0.444 e. The number of hydrogen-bond donors (Lipinski definition) is 3. The standard InChI is InChI=1S/C23H31ClN6O4/c1-6-16-19(24)29-21(18(28-16)20(25)32)27-15-9-7-8-14(12-15)10-11-26-17(31)13-30(5)22(33)34-23(2,3)4/h7-9,12H,6,10-11,13H2,1-5H3,(H2,25,32)(H,26,31)(H,27,29).